The fraction of sp³-hybridized carbons (Fsp3) is 0.429. The van der Waals surface area contributed by atoms with Gasteiger partial charge in [0.15, 0.2) is 0 Å². The third-order valence-corrected chi connectivity index (χ3v) is 3.89. The molecule has 3 rings (SSSR count). The Kier molecular flexibility index (Phi) is 3.22. The van der Waals surface area contributed by atoms with Gasteiger partial charge in [0.2, 0.25) is 0 Å². The van der Waals surface area contributed by atoms with Gasteiger partial charge in [-0.25, -0.2) is 4.79 Å². The van der Waals surface area contributed by atoms with Gasteiger partial charge in [-0.2, -0.15) is 0 Å². The molecule has 2 bridgehead atoms. The zero-order valence-corrected chi connectivity index (χ0v) is 11.4. The van der Waals surface area contributed by atoms with Crippen molar-refractivity contribution >= 4 is 17.6 Å². The van der Waals surface area contributed by atoms with E-state index in [2.05, 4.69) is 10.7 Å². The van der Waals surface area contributed by atoms with Crippen molar-refractivity contribution in [2.45, 2.75) is 24.9 Å². The zero-order chi connectivity index (χ0) is 14.1. The number of nitrogens with zero attached hydrogens (tertiary/aromatic N) is 2. The average molecular weight is 274 g/mol. The first-order chi connectivity index (χ1) is 9.65. The van der Waals surface area contributed by atoms with E-state index in [4.69, 9.17) is 0 Å². The predicted molar refractivity (Wildman–Crippen MR) is 75.0 cm³/mol. The van der Waals surface area contributed by atoms with Crippen molar-refractivity contribution in [3.05, 3.63) is 30.3 Å². The van der Waals surface area contributed by atoms with Gasteiger partial charge in [-0.1, -0.05) is 18.2 Å². The summed E-state index contributed by atoms with van der Waals surface area (Å²) in [7, 11) is 1.79. The number of amides is 3. The molecular weight excluding hydrogens is 256 g/mol. The first-order valence-electron chi connectivity index (χ1n) is 6.81. The third kappa shape index (κ3) is 2.29. The van der Waals surface area contributed by atoms with Crippen LogP contribution >= 0.6 is 0 Å². The van der Waals surface area contributed by atoms with Crippen LogP contribution in [-0.2, 0) is 4.79 Å². The van der Waals surface area contributed by atoms with Crippen molar-refractivity contribution in [1.82, 2.24) is 15.6 Å². The fourth-order valence-electron chi connectivity index (χ4n) is 2.80. The van der Waals surface area contributed by atoms with Gasteiger partial charge in [-0.15, -0.1) is 0 Å². The summed E-state index contributed by atoms with van der Waals surface area (Å²) in [5.41, 5.74) is 3.75. The highest BCUT2D eigenvalue weighted by molar-refractivity contribution is 5.89. The Balaban J connectivity index is 1.66. The number of hydrogen-bond donors (Lipinski definition) is 2. The highest BCUT2D eigenvalue weighted by Crippen LogP contribution is 2.23. The second-order valence-electron chi connectivity index (χ2n) is 5.26. The first kappa shape index (κ1) is 12.8. The molecule has 2 aliphatic rings. The normalized spacial score (nSPS) is 24.2. The van der Waals surface area contributed by atoms with Crippen LogP contribution in [0.2, 0.25) is 0 Å². The SMILES string of the molecule is CN(NC(=O)[C@@H]1CC[C@@H]2CN1C(=O)N2)c1ccccc1. The highest BCUT2D eigenvalue weighted by Gasteiger charge is 2.41. The van der Waals surface area contributed by atoms with Crippen molar-refractivity contribution in [2.75, 3.05) is 18.6 Å². The van der Waals surface area contributed by atoms with Gasteiger partial charge >= 0.3 is 6.03 Å². The minimum atomic E-state index is -0.375. The molecule has 0 radical (unpaired) electrons. The quantitative estimate of drug-likeness (QED) is 0.798. The Morgan fingerprint density at radius 1 is 1.35 bits per heavy atom. The first-order valence-corrected chi connectivity index (χ1v) is 6.81. The number of rotatable bonds is 3. The Morgan fingerprint density at radius 2 is 2.10 bits per heavy atom. The Bertz CT molecular complexity index is 519. The molecule has 2 fully saturated rings. The minimum absolute atomic E-state index is 0.130. The molecule has 0 saturated carbocycles. The van der Waals surface area contributed by atoms with Gasteiger partial charge in [0, 0.05) is 19.6 Å². The summed E-state index contributed by atoms with van der Waals surface area (Å²) in [6.45, 7) is 0.631. The van der Waals surface area contributed by atoms with Crippen LogP contribution in [0.25, 0.3) is 0 Å². The standard InChI is InChI=1S/C14H18N4O2/c1-17(11-5-3-2-4-6-11)16-13(19)12-8-7-10-9-18(12)14(20)15-10/h2-6,10,12H,7-9H2,1H3,(H,15,20)(H,16,19)/t10-,12+/m1/s1. The number of carbonyl (C=O) groups excluding carboxylic acids is 2. The number of anilines is 1. The number of carbonyl (C=O) groups is 2. The maximum Gasteiger partial charge on any atom is 0.318 e. The van der Waals surface area contributed by atoms with E-state index in [-0.39, 0.29) is 24.0 Å². The molecule has 106 valence electrons. The molecule has 2 aliphatic heterocycles. The molecule has 1 aromatic carbocycles. The predicted octanol–water partition coefficient (Wildman–Crippen LogP) is 0.710. The molecule has 0 aromatic heterocycles. The lowest BCUT2D eigenvalue weighted by molar-refractivity contribution is -0.126. The second kappa shape index (κ2) is 5.03. The molecule has 3 amide bonds. The molecule has 2 N–H and O–H groups in total. The van der Waals surface area contributed by atoms with Crippen LogP contribution in [0.5, 0.6) is 0 Å². The Hall–Kier alpha value is -2.24. The summed E-state index contributed by atoms with van der Waals surface area (Å²) in [4.78, 5) is 25.7. The summed E-state index contributed by atoms with van der Waals surface area (Å²) < 4.78 is 0. The van der Waals surface area contributed by atoms with E-state index in [1.165, 1.54) is 0 Å². The Morgan fingerprint density at radius 3 is 2.85 bits per heavy atom. The summed E-state index contributed by atoms with van der Waals surface area (Å²) >= 11 is 0. The number of piperidine rings is 1. The lowest BCUT2D eigenvalue weighted by Gasteiger charge is -2.31. The second-order valence-corrected chi connectivity index (χ2v) is 5.26. The molecule has 2 heterocycles. The summed E-state index contributed by atoms with van der Waals surface area (Å²) in [5, 5.41) is 4.56. The van der Waals surface area contributed by atoms with Crippen molar-refractivity contribution in [3.63, 3.8) is 0 Å². The average Bonchev–Trinajstić information content (AvgIpc) is 2.75. The minimum Gasteiger partial charge on any atom is -0.333 e. The summed E-state index contributed by atoms with van der Waals surface area (Å²) in [6, 6.07) is 9.29. The van der Waals surface area contributed by atoms with Crippen LogP contribution < -0.4 is 15.8 Å². The fourth-order valence-corrected chi connectivity index (χ4v) is 2.80. The molecule has 20 heavy (non-hydrogen) atoms. The maximum absolute atomic E-state index is 12.3. The zero-order valence-electron chi connectivity index (χ0n) is 11.4. The van der Waals surface area contributed by atoms with E-state index in [1.807, 2.05) is 30.3 Å². The van der Waals surface area contributed by atoms with Crippen molar-refractivity contribution in [3.8, 4) is 0 Å². The van der Waals surface area contributed by atoms with Crippen LogP contribution in [0, 0.1) is 0 Å². The molecule has 2 atom stereocenters. The van der Waals surface area contributed by atoms with Crippen molar-refractivity contribution < 1.29 is 9.59 Å². The molecule has 6 heteroatoms. The third-order valence-electron chi connectivity index (χ3n) is 3.89. The molecule has 2 saturated heterocycles. The molecular formula is C14H18N4O2. The van der Waals surface area contributed by atoms with E-state index in [0.717, 1.165) is 12.1 Å². The van der Waals surface area contributed by atoms with E-state index in [9.17, 15) is 9.59 Å². The maximum atomic E-state index is 12.3. The van der Waals surface area contributed by atoms with E-state index in [0.29, 0.717) is 13.0 Å². The van der Waals surface area contributed by atoms with Crippen LogP contribution in [-0.4, -0.2) is 42.5 Å². The smallest absolute Gasteiger partial charge is 0.318 e. The number of urea groups is 1. The molecule has 0 unspecified atom stereocenters. The summed E-state index contributed by atoms with van der Waals surface area (Å²) in [5.74, 6) is -0.133. The van der Waals surface area contributed by atoms with Gasteiger partial charge in [0.25, 0.3) is 5.91 Å². The van der Waals surface area contributed by atoms with Crippen molar-refractivity contribution in [2.24, 2.45) is 0 Å². The van der Waals surface area contributed by atoms with Gasteiger partial charge in [0.05, 0.1) is 5.69 Å². The number of fused-ring (bicyclic) bond motifs is 2. The van der Waals surface area contributed by atoms with Crippen LogP contribution in [0.4, 0.5) is 10.5 Å². The number of hydrazine groups is 1. The van der Waals surface area contributed by atoms with Gasteiger partial charge in [0.1, 0.15) is 6.04 Å². The number of para-hydroxylation sites is 1. The van der Waals surface area contributed by atoms with Crippen LogP contribution in [0.1, 0.15) is 12.8 Å². The van der Waals surface area contributed by atoms with E-state index in [1.54, 1.807) is 17.0 Å². The largest absolute Gasteiger partial charge is 0.333 e. The lowest BCUT2D eigenvalue weighted by atomic mass is 10.0. The van der Waals surface area contributed by atoms with Gasteiger partial charge < -0.3 is 10.2 Å². The van der Waals surface area contributed by atoms with Crippen molar-refractivity contribution in [1.29, 1.82) is 0 Å². The molecule has 1 aromatic rings. The number of benzene rings is 1. The van der Waals surface area contributed by atoms with Crippen LogP contribution in [0.3, 0.4) is 0 Å². The molecule has 0 aliphatic carbocycles. The lowest BCUT2D eigenvalue weighted by Crippen LogP contribution is -2.53. The highest BCUT2D eigenvalue weighted by atomic mass is 16.2. The van der Waals surface area contributed by atoms with Gasteiger partial charge in [-0.05, 0) is 25.0 Å². The topological polar surface area (TPSA) is 64.7 Å². The van der Waals surface area contributed by atoms with E-state index >= 15 is 0 Å². The van der Waals surface area contributed by atoms with Gasteiger partial charge in [-0.3, -0.25) is 15.2 Å². The Labute approximate surface area is 117 Å². The monoisotopic (exact) mass is 274 g/mol. The number of hydrogen-bond acceptors (Lipinski definition) is 3. The molecule has 0 spiro atoms. The summed E-state index contributed by atoms with van der Waals surface area (Å²) in [6.07, 6.45) is 1.56. The van der Waals surface area contributed by atoms with E-state index < -0.39 is 0 Å². The molecule has 6 nitrogen and oxygen atoms in total. The number of nitrogens with one attached hydrogen (secondary N) is 2. The van der Waals surface area contributed by atoms with Crippen LogP contribution in [0.15, 0.2) is 30.3 Å².